The van der Waals surface area contributed by atoms with Gasteiger partial charge < -0.3 is 4.90 Å². The molecule has 0 atom stereocenters. The van der Waals surface area contributed by atoms with Crippen LogP contribution in [0.4, 0.5) is 17.1 Å². The van der Waals surface area contributed by atoms with E-state index in [9.17, 15) is 0 Å². The summed E-state index contributed by atoms with van der Waals surface area (Å²) < 4.78 is 0. The molecule has 0 bridgehead atoms. The molecular weight excluding hydrogens is 783 g/mol. The highest BCUT2D eigenvalue weighted by Crippen LogP contribution is 2.66. The van der Waals surface area contributed by atoms with Crippen LogP contribution in [0.15, 0.2) is 237 Å². The largest absolute Gasteiger partial charge is 0.309 e. The lowest BCUT2D eigenvalue weighted by atomic mass is 9.70. The molecule has 10 aromatic rings. The zero-order valence-electron chi connectivity index (χ0n) is 36.5. The molecule has 65 heavy (non-hydrogen) atoms. The average molecular weight is 828 g/mol. The van der Waals surface area contributed by atoms with Crippen molar-refractivity contribution >= 4 is 17.1 Å². The molecule has 0 unspecified atom stereocenters. The monoisotopic (exact) mass is 827 g/mol. The smallest absolute Gasteiger partial charge is 0.0726 e. The van der Waals surface area contributed by atoms with Gasteiger partial charge >= 0.3 is 0 Å². The minimum absolute atomic E-state index is 0.186. The summed E-state index contributed by atoms with van der Waals surface area (Å²) >= 11 is 0. The predicted molar refractivity (Wildman–Crippen MR) is 271 cm³/mol. The summed E-state index contributed by atoms with van der Waals surface area (Å²) in [5.41, 5.74) is 25.7. The van der Waals surface area contributed by atoms with E-state index in [0.717, 1.165) is 11.4 Å². The van der Waals surface area contributed by atoms with Gasteiger partial charge in [-0.3, -0.25) is 0 Å². The van der Waals surface area contributed by atoms with Gasteiger partial charge in [0.25, 0.3) is 0 Å². The SMILES string of the molecule is CC1(C)c2ccccc2-c2c(N(c3cccc(-c4ccccc4)c3-c3ccccc3-c3ccccc3)c3cccc4c3-c3ccccc3C43c4ccccc4-c4ccccc43)cccc21. The van der Waals surface area contributed by atoms with Gasteiger partial charge in [-0.15, -0.1) is 0 Å². The Morgan fingerprint density at radius 1 is 0.246 bits per heavy atom. The summed E-state index contributed by atoms with van der Waals surface area (Å²) in [5.74, 6) is 0. The Bertz CT molecular complexity index is 3480. The second kappa shape index (κ2) is 14.3. The topological polar surface area (TPSA) is 3.24 Å². The number of hydrogen-bond acceptors (Lipinski definition) is 1. The standard InChI is InChI=1S/C64H45N/c1-63(2)51-33-15-13-30-49(51)61-55(63)37-20-40-58(61)65(57-39-19-32-45(43-24-7-4-8-25-43)60(57)48-29-10-9-26-44(48)42-22-5-3-6-23-42)59-41-21-38-56-62(59)50-31-14-18-36-54(50)64(56)52-34-16-11-27-46(52)47-28-12-17-35-53(47)64/h3-41H,1-2H3. The van der Waals surface area contributed by atoms with Crippen molar-refractivity contribution < 1.29 is 0 Å². The molecule has 0 aliphatic heterocycles. The normalized spacial score (nSPS) is 13.9. The van der Waals surface area contributed by atoms with Crippen molar-refractivity contribution in [2.24, 2.45) is 0 Å². The summed E-state index contributed by atoms with van der Waals surface area (Å²) in [5, 5.41) is 0. The van der Waals surface area contributed by atoms with Crippen LogP contribution >= 0.6 is 0 Å². The number of anilines is 3. The third-order valence-electron chi connectivity index (χ3n) is 14.7. The molecule has 0 amide bonds. The van der Waals surface area contributed by atoms with Crippen LogP contribution in [-0.4, -0.2) is 0 Å². The summed E-state index contributed by atoms with van der Waals surface area (Å²) in [6.45, 7) is 4.77. The third-order valence-corrected chi connectivity index (χ3v) is 14.7. The molecule has 0 aromatic heterocycles. The van der Waals surface area contributed by atoms with Crippen molar-refractivity contribution in [2.45, 2.75) is 24.7 Å². The number of fused-ring (bicyclic) bond motifs is 13. The molecule has 3 aliphatic rings. The predicted octanol–water partition coefficient (Wildman–Crippen LogP) is 16.8. The van der Waals surface area contributed by atoms with E-state index in [0.29, 0.717) is 0 Å². The van der Waals surface area contributed by atoms with E-state index >= 15 is 0 Å². The summed E-state index contributed by atoms with van der Waals surface area (Å²) in [4.78, 5) is 2.64. The maximum Gasteiger partial charge on any atom is 0.0726 e. The lowest BCUT2D eigenvalue weighted by molar-refractivity contribution is 0.660. The van der Waals surface area contributed by atoms with Crippen LogP contribution in [0.3, 0.4) is 0 Å². The van der Waals surface area contributed by atoms with Crippen LogP contribution in [0, 0.1) is 0 Å². The molecule has 13 rings (SSSR count). The molecule has 3 aliphatic carbocycles. The quantitative estimate of drug-likeness (QED) is 0.161. The summed E-state index contributed by atoms with van der Waals surface area (Å²) in [6, 6.07) is 88.4. The van der Waals surface area contributed by atoms with Gasteiger partial charge in [-0.05, 0) is 102 Å². The maximum absolute atomic E-state index is 2.64. The van der Waals surface area contributed by atoms with Crippen molar-refractivity contribution in [1.29, 1.82) is 0 Å². The highest BCUT2D eigenvalue weighted by Gasteiger charge is 2.52. The third kappa shape index (κ3) is 5.21. The highest BCUT2D eigenvalue weighted by molar-refractivity contribution is 6.08. The Morgan fingerprint density at radius 3 is 1.18 bits per heavy atom. The molecule has 0 saturated carbocycles. The van der Waals surface area contributed by atoms with Gasteiger partial charge in [0.15, 0.2) is 0 Å². The Morgan fingerprint density at radius 2 is 0.600 bits per heavy atom. The minimum atomic E-state index is -0.483. The molecule has 1 nitrogen and oxygen atoms in total. The Labute approximate surface area is 381 Å². The lowest BCUT2D eigenvalue weighted by Gasteiger charge is -2.34. The van der Waals surface area contributed by atoms with Crippen molar-refractivity contribution in [1.82, 2.24) is 0 Å². The highest BCUT2D eigenvalue weighted by atomic mass is 15.2. The van der Waals surface area contributed by atoms with Crippen molar-refractivity contribution in [3.8, 4) is 66.8 Å². The van der Waals surface area contributed by atoms with Crippen LogP contribution in [0.2, 0.25) is 0 Å². The fraction of sp³-hybridized carbons (Fsp3) is 0.0625. The van der Waals surface area contributed by atoms with Gasteiger partial charge in [0.2, 0.25) is 0 Å². The fourth-order valence-corrected chi connectivity index (χ4v) is 12.1. The molecular formula is C64H45N. The van der Waals surface area contributed by atoms with Crippen molar-refractivity contribution in [3.63, 3.8) is 0 Å². The van der Waals surface area contributed by atoms with E-state index in [-0.39, 0.29) is 5.41 Å². The first-order chi connectivity index (χ1) is 32.1. The summed E-state index contributed by atoms with van der Waals surface area (Å²) in [6.07, 6.45) is 0. The average Bonchev–Trinajstić information content (AvgIpc) is 3.94. The Balaban J connectivity index is 1.19. The molecule has 10 aromatic carbocycles. The molecule has 0 N–H and O–H groups in total. The minimum Gasteiger partial charge on any atom is -0.309 e. The van der Waals surface area contributed by atoms with Gasteiger partial charge in [-0.1, -0.05) is 232 Å². The molecule has 306 valence electrons. The van der Waals surface area contributed by atoms with Gasteiger partial charge in [0.05, 0.1) is 22.5 Å². The number of hydrogen-bond donors (Lipinski definition) is 0. The van der Waals surface area contributed by atoms with Gasteiger partial charge in [-0.2, -0.15) is 0 Å². The molecule has 1 spiro atoms. The van der Waals surface area contributed by atoms with E-state index in [4.69, 9.17) is 0 Å². The number of benzene rings is 10. The Hall–Kier alpha value is -8.00. The maximum atomic E-state index is 2.64. The van der Waals surface area contributed by atoms with Crippen LogP contribution in [0.1, 0.15) is 47.2 Å². The fourth-order valence-electron chi connectivity index (χ4n) is 12.1. The first-order valence-electron chi connectivity index (χ1n) is 22.9. The second-order valence-electron chi connectivity index (χ2n) is 18.3. The molecule has 0 heterocycles. The number of nitrogens with zero attached hydrogens (tertiary/aromatic N) is 1. The van der Waals surface area contributed by atoms with E-state index in [1.165, 1.54) is 106 Å². The van der Waals surface area contributed by atoms with Crippen LogP contribution in [0.25, 0.3) is 66.8 Å². The first kappa shape index (κ1) is 37.5. The first-order valence-corrected chi connectivity index (χ1v) is 22.9. The van der Waals surface area contributed by atoms with E-state index in [1.54, 1.807) is 0 Å². The zero-order valence-corrected chi connectivity index (χ0v) is 36.5. The molecule has 0 fully saturated rings. The zero-order chi connectivity index (χ0) is 43.3. The second-order valence-corrected chi connectivity index (χ2v) is 18.3. The van der Waals surface area contributed by atoms with Crippen molar-refractivity contribution in [2.75, 3.05) is 4.90 Å². The van der Waals surface area contributed by atoms with E-state index in [2.05, 4.69) is 255 Å². The van der Waals surface area contributed by atoms with Gasteiger partial charge in [0.1, 0.15) is 0 Å². The Kier molecular flexibility index (Phi) is 8.24. The van der Waals surface area contributed by atoms with Gasteiger partial charge in [-0.25, -0.2) is 0 Å². The van der Waals surface area contributed by atoms with Crippen molar-refractivity contribution in [3.05, 3.63) is 270 Å². The van der Waals surface area contributed by atoms with E-state index in [1.807, 2.05) is 0 Å². The van der Waals surface area contributed by atoms with Crippen LogP contribution in [-0.2, 0) is 10.8 Å². The lowest BCUT2D eigenvalue weighted by Crippen LogP contribution is -2.26. The molecule has 1 heteroatoms. The molecule has 0 saturated heterocycles. The summed E-state index contributed by atoms with van der Waals surface area (Å²) in [7, 11) is 0. The van der Waals surface area contributed by atoms with Crippen LogP contribution in [0.5, 0.6) is 0 Å². The molecule has 0 radical (unpaired) electrons. The van der Waals surface area contributed by atoms with Crippen LogP contribution < -0.4 is 4.90 Å². The van der Waals surface area contributed by atoms with Gasteiger partial charge in [0, 0.05) is 22.1 Å². The number of rotatable bonds is 6. The van der Waals surface area contributed by atoms with E-state index < -0.39 is 5.41 Å².